The molecule has 1 aliphatic rings. The fraction of sp³-hybridized carbons (Fsp3) is 0.357. The Hall–Kier alpha value is -1.36. The van der Waals surface area contributed by atoms with Gasteiger partial charge in [-0.05, 0) is 29.3 Å². The third kappa shape index (κ3) is 2.81. The van der Waals surface area contributed by atoms with Gasteiger partial charge < -0.3 is 10.1 Å². The average Bonchev–Trinajstić information content (AvgIpc) is 2.86. The van der Waals surface area contributed by atoms with Gasteiger partial charge in [0.25, 0.3) is 0 Å². The number of halogens is 1. The SMILES string of the molecule is Cn1cc(-c2cc(Cl)cc(C3COCCN3)c2)cn1. The third-order valence-electron chi connectivity index (χ3n) is 3.28. The van der Waals surface area contributed by atoms with Gasteiger partial charge in [0.15, 0.2) is 0 Å². The Labute approximate surface area is 117 Å². The zero-order valence-electron chi connectivity index (χ0n) is 10.8. The van der Waals surface area contributed by atoms with Crippen LogP contribution in [-0.4, -0.2) is 29.5 Å². The lowest BCUT2D eigenvalue weighted by atomic mass is 10.0. The van der Waals surface area contributed by atoms with E-state index in [1.807, 2.05) is 31.6 Å². The zero-order valence-corrected chi connectivity index (χ0v) is 11.5. The molecule has 0 amide bonds. The van der Waals surface area contributed by atoms with Crippen LogP contribution in [0.25, 0.3) is 11.1 Å². The summed E-state index contributed by atoms with van der Waals surface area (Å²) in [5.74, 6) is 0. The van der Waals surface area contributed by atoms with Gasteiger partial charge in [0, 0.05) is 30.4 Å². The first-order valence-electron chi connectivity index (χ1n) is 6.33. The van der Waals surface area contributed by atoms with Gasteiger partial charge in [-0.1, -0.05) is 11.6 Å². The molecule has 0 bridgehead atoms. The number of nitrogens with zero attached hydrogens (tertiary/aromatic N) is 2. The number of morpholine rings is 1. The van der Waals surface area contributed by atoms with Crippen LogP contribution in [0.15, 0.2) is 30.6 Å². The van der Waals surface area contributed by atoms with E-state index in [2.05, 4.69) is 16.5 Å². The number of aryl methyl sites for hydroxylation is 1. The van der Waals surface area contributed by atoms with E-state index >= 15 is 0 Å². The highest BCUT2D eigenvalue weighted by molar-refractivity contribution is 6.31. The molecule has 0 saturated carbocycles. The topological polar surface area (TPSA) is 39.1 Å². The highest BCUT2D eigenvalue weighted by Crippen LogP contribution is 2.28. The maximum absolute atomic E-state index is 6.23. The van der Waals surface area contributed by atoms with E-state index in [-0.39, 0.29) is 6.04 Å². The van der Waals surface area contributed by atoms with Gasteiger partial charge in [-0.25, -0.2) is 0 Å². The third-order valence-corrected chi connectivity index (χ3v) is 3.50. The van der Waals surface area contributed by atoms with Gasteiger partial charge in [0.1, 0.15) is 0 Å². The fourth-order valence-electron chi connectivity index (χ4n) is 2.33. The van der Waals surface area contributed by atoms with Crippen LogP contribution in [0, 0.1) is 0 Å². The summed E-state index contributed by atoms with van der Waals surface area (Å²) in [5, 5.41) is 8.38. The Morgan fingerprint density at radius 3 is 2.95 bits per heavy atom. The summed E-state index contributed by atoms with van der Waals surface area (Å²) in [6.07, 6.45) is 3.83. The highest BCUT2D eigenvalue weighted by atomic mass is 35.5. The Balaban J connectivity index is 1.95. The largest absolute Gasteiger partial charge is 0.378 e. The second-order valence-corrected chi connectivity index (χ2v) is 5.19. The lowest BCUT2D eigenvalue weighted by Gasteiger charge is -2.24. The predicted molar refractivity (Wildman–Crippen MR) is 75.2 cm³/mol. The maximum atomic E-state index is 6.23. The van der Waals surface area contributed by atoms with Crippen molar-refractivity contribution in [3.8, 4) is 11.1 Å². The molecule has 1 fully saturated rings. The summed E-state index contributed by atoms with van der Waals surface area (Å²) in [6, 6.07) is 6.32. The van der Waals surface area contributed by atoms with Crippen molar-refractivity contribution >= 4 is 11.6 Å². The van der Waals surface area contributed by atoms with Crippen molar-refractivity contribution in [1.82, 2.24) is 15.1 Å². The monoisotopic (exact) mass is 277 g/mol. The smallest absolute Gasteiger partial charge is 0.0662 e. The van der Waals surface area contributed by atoms with Crippen molar-refractivity contribution in [1.29, 1.82) is 0 Å². The summed E-state index contributed by atoms with van der Waals surface area (Å²) in [5.41, 5.74) is 3.32. The standard InChI is InChI=1S/C14H16ClN3O/c1-18-8-12(7-17-18)10-4-11(6-13(15)5-10)14-9-19-3-2-16-14/h4-8,14,16H,2-3,9H2,1H3. The minimum Gasteiger partial charge on any atom is -0.378 e. The van der Waals surface area contributed by atoms with Crippen LogP contribution in [0.3, 0.4) is 0 Å². The molecule has 1 unspecified atom stereocenters. The number of hydrogen-bond acceptors (Lipinski definition) is 3. The van der Waals surface area contributed by atoms with Crippen molar-refractivity contribution in [2.45, 2.75) is 6.04 Å². The molecule has 2 aromatic rings. The Kier molecular flexibility index (Phi) is 3.55. The molecule has 5 heteroatoms. The van der Waals surface area contributed by atoms with Crippen molar-refractivity contribution in [3.05, 3.63) is 41.2 Å². The molecule has 4 nitrogen and oxygen atoms in total. The number of hydrogen-bond donors (Lipinski definition) is 1. The predicted octanol–water partition coefficient (Wildman–Crippen LogP) is 2.40. The molecule has 1 saturated heterocycles. The molecule has 0 spiro atoms. The van der Waals surface area contributed by atoms with Gasteiger partial charge in [-0.2, -0.15) is 5.10 Å². The molecule has 1 aromatic carbocycles. The van der Waals surface area contributed by atoms with E-state index in [4.69, 9.17) is 16.3 Å². The van der Waals surface area contributed by atoms with Crippen molar-refractivity contribution in [2.24, 2.45) is 7.05 Å². The minimum atomic E-state index is 0.211. The summed E-state index contributed by atoms with van der Waals surface area (Å²) in [4.78, 5) is 0. The first kappa shape index (κ1) is 12.7. The number of rotatable bonds is 2. The molecule has 3 rings (SSSR count). The molecule has 2 heterocycles. The summed E-state index contributed by atoms with van der Waals surface area (Å²) >= 11 is 6.23. The van der Waals surface area contributed by atoms with Crippen molar-refractivity contribution in [2.75, 3.05) is 19.8 Å². The molecule has 0 radical (unpaired) electrons. The van der Waals surface area contributed by atoms with Crippen LogP contribution in [0.5, 0.6) is 0 Å². The second kappa shape index (κ2) is 5.33. The molecule has 100 valence electrons. The number of benzene rings is 1. The number of aromatic nitrogens is 2. The lowest BCUT2D eigenvalue weighted by Crippen LogP contribution is -2.34. The van der Waals surface area contributed by atoms with Crippen molar-refractivity contribution in [3.63, 3.8) is 0 Å². The highest BCUT2D eigenvalue weighted by Gasteiger charge is 2.16. The van der Waals surface area contributed by atoms with E-state index in [9.17, 15) is 0 Å². The van der Waals surface area contributed by atoms with E-state index < -0.39 is 0 Å². The zero-order chi connectivity index (χ0) is 13.2. The summed E-state index contributed by atoms with van der Waals surface area (Å²) in [7, 11) is 1.91. The molecule has 19 heavy (non-hydrogen) atoms. The Bertz CT molecular complexity index is 576. The molecule has 1 aromatic heterocycles. The molecular weight excluding hydrogens is 262 g/mol. The molecule has 0 aliphatic carbocycles. The second-order valence-electron chi connectivity index (χ2n) is 4.76. The van der Waals surface area contributed by atoms with Crippen LogP contribution >= 0.6 is 11.6 Å². The minimum absolute atomic E-state index is 0.211. The van der Waals surface area contributed by atoms with Gasteiger partial charge in [-0.15, -0.1) is 0 Å². The number of ether oxygens (including phenoxy) is 1. The van der Waals surface area contributed by atoms with Crippen LogP contribution in [-0.2, 0) is 11.8 Å². The first-order chi connectivity index (χ1) is 9.22. The van der Waals surface area contributed by atoms with Crippen molar-refractivity contribution < 1.29 is 4.74 Å². The molecule has 1 N–H and O–H groups in total. The lowest BCUT2D eigenvalue weighted by molar-refractivity contribution is 0.0769. The number of nitrogens with one attached hydrogen (secondary N) is 1. The quantitative estimate of drug-likeness (QED) is 0.916. The van der Waals surface area contributed by atoms with Gasteiger partial charge in [0.05, 0.1) is 25.5 Å². The average molecular weight is 278 g/mol. The van der Waals surface area contributed by atoms with E-state index in [1.54, 1.807) is 4.68 Å². The fourth-order valence-corrected chi connectivity index (χ4v) is 2.57. The normalized spacial score (nSPS) is 19.6. The van der Waals surface area contributed by atoms with E-state index in [0.29, 0.717) is 6.61 Å². The van der Waals surface area contributed by atoms with Gasteiger partial charge in [-0.3, -0.25) is 4.68 Å². The van der Waals surface area contributed by atoms with Crippen LogP contribution in [0.2, 0.25) is 5.02 Å². The first-order valence-corrected chi connectivity index (χ1v) is 6.71. The summed E-state index contributed by atoms with van der Waals surface area (Å²) < 4.78 is 7.29. The van der Waals surface area contributed by atoms with Crippen LogP contribution in [0.1, 0.15) is 11.6 Å². The molecular formula is C14H16ClN3O. The molecule has 1 atom stereocenters. The summed E-state index contributed by atoms with van der Waals surface area (Å²) in [6.45, 7) is 2.33. The Morgan fingerprint density at radius 2 is 2.26 bits per heavy atom. The maximum Gasteiger partial charge on any atom is 0.0662 e. The van der Waals surface area contributed by atoms with Crippen LogP contribution < -0.4 is 5.32 Å². The van der Waals surface area contributed by atoms with E-state index in [1.165, 1.54) is 0 Å². The Morgan fingerprint density at radius 1 is 1.37 bits per heavy atom. The van der Waals surface area contributed by atoms with Gasteiger partial charge in [0.2, 0.25) is 0 Å². The molecule has 1 aliphatic heterocycles. The van der Waals surface area contributed by atoms with Crippen LogP contribution in [0.4, 0.5) is 0 Å². The van der Waals surface area contributed by atoms with Gasteiger partial charge >= 0.3 is 0 Å². The van der Waals surface area contributed by atoms with E-state index in [0.717, 1.165) is 34.9 Å².